The van der Waals surface area contributed by atoms with Crippen LogP contribution in [0.2, 0.25) is 0 Å². The van der Waals surface area contributed by atoms with Gasteiger partial charge in [0.1, 0.15) is 0 Å². The van der Waals surface area contributed by atoms with Crippen molar-refractivity contribution < 1.29 is 4.79 Å². The predicted molar refractivity (Wildman–Crippen MR) is 73.9 cm³/mol. The fourth-order valence-electron chi connectivity index (χ4n) is 1.43. The summed E-state index contributed by atoms with van der Waals surface area (Å²) in [4.78, 5) is 12.6. The minimum atomic E-state index is 0.118. The largest absolute Gasteiger partial charge is 0.353 e. The summed E-state index contributed by atoms with van der Waals surface area (Å²) < 4.78 is 1.00. The molecule has 1 saturated carbocycles. The number of halogens is 1. The van der Waals surface area contributed by atoms with E-state index in [9.17, 15) is 4.79 Å². The van der Waals surface area contributed by atoms with E-state index in [4.69, 9.17) is 5.73 Å². The van der Waals surface area contributed by atoms with Gasteiger partial charge in [0.25, 0.3) is 0 Å². The lowest BCUT2D eigenvalue weighted by Gasteiger charge is -2.06. The number of amides is 1. The van der Waals surface area contributed by atoms with Crippen LogP contribution in [0.3, 0.4) is 0 Å². The second-order valence-electron chi connectivity index (χ2n) is 4.10. The highest BCUT2D eigenvalue weighted by atomic mass is 79.9. The third-order valence-corrected chi connectivity index (χ3v) is 4.53. The van der Waals surface area contributed by atoms with E-state index in [1.807, 2.05) is 18.2 Å². The molecule has 0 bridgehead atoms. The van der Waals surface area contributed by atoms with Crippen LogP contribution in [0.15, 0.2) is 27.6 Å². The monoisotopic (exact) mass is 314 g/mol. The molecule has 0 spiro atoms. The molecule has 0 aromatic heterocycles. The van der Waals surface area contributed by atoms with E-state index in [1.165, 1.54) is 0 Å². The molecule has 1 aliphatic carbocycles. The van der Waals surface area contributed by atoms with Crippen LogP contribution in [0.5, 0.6) is 0 Å². The van der Waals surface area contributed by atoms with Crippen molar-refractivity contribution in [3.05, 3.63) is 28.2 Å². The Bertz CT molecular complexity index is 421. The zero-order valence-corrected chi connectivity index (χ0v) is 11.8. The van der Waals surface area contributed by atoms with Gasteiger partial charge in [-0.2, -0.15) is 0 Å². The van der Waals surface area contributed by atoms with Gasteiger partial charge in [0.15, 0.2) is 0 Å². The Balaban J connectivity index is 1.87. The maximum atomic E-state index is 11.5. The molecule has 0 radical (unpaired) electrons. The molecule has 0 saturated heterocycles. The number of benzene rings is 1. The number of carbonyl (C=O) groups excluding carboxylic acids is 1. The van der Waals surface area contributed by atoms with Gasteiger partial charge >= 0.3 is 0 Å². The van der Waals surface area contributed by atoms with E-state index < -0.39 is 0 Å². The summed E-state index contributed by atoms with van der Waals surface area (Å²) in [6.07, 6.45) is 2.26. The van der Waals surface area contributed by atoms with Crippen LogP contribution in [-0.2, 0) is 11.3 Å². The summed E-state index contributed by atoms with van der Waals surface area (Å²) >= 11 is 5.04. The predicted octanol–water partition coefficient (Wildman–Crippen LogP) is 2.28. The van der Waals surface area contributed by atoms with Crippen LogP contribution in [0.4, 0.5) is 0 Å². The zero-order chi connectivity index (χ0) is 12.3. The molecule has 5 heteroatoms. The number of hydrogen-bond donors (Lipinski definition) is 2. The second-order valence-corrected chi connectivity index (χ2v) is 5.97. The number of hydrogen-bond acceptors (Lipinski definition) is 3. The summed E-state index contributed by atoms with van der Waals surface area (Å²) in [6, 6.07) is 6.43. The molecule has 1 fully saturated rings. The highest BCUT2D eigenvalue weighted by Crippen LogP contribution is 2.28. The Morgan fingerprint density at radius 3 is 2.88 bits per heavy atom. The number of carbonyl (C=O) groups is 1. The first-order valence-electron chi connectivity index (χ1n) is 5.59. The van der Waals surface area contributed by atoms with E-state index in [2.05, 4.69) is 21.2 Å². The summed E-state index contributed by atoms with van der Waals surface area (Å²) in [5, 5.41) is 2.97. The van der Waals surface area contributed by atoms with Crippen molar-refractivity contribution in [1.29, 1.82) is 0 Å². The van der Waals surface area contributed by atoms with Crippen LogP contribution >= 0.6 is 27.7 Å². The highest BCUT2D eigenvalue weighted by Gasteiger charge is 2.23. The fraction of sp³-hybridized carbons (Fsp3) is 0.417. The van der Waals surface area contributed by atoms with E-state index in [-0.39, 0.29) is 5.91 Å². The number of nitrogens with two attached hydrogens (primary N) is 1. The number of nitrogens with one attached hydrogen (secondary N) is 1. The molecule has 0 heterocycles. The molecule has 1 aromatic rings. The van der Waals surface area contributed by atoms with Gasteiger partial charge in [-0.3, -0.25) is 4.79 Å². The highest BCUT2D eigenvalue weighted by molar-refractivity contribution is 9.10. The first kappa shape index (κ1) is 12.9. The average Bonchev–Trinajstić information content (AvgIpc) is 3.11. The van der Waals surface area contributed by atoms with Gasteiger partial charge in [-0.05, 0) is 46.5 Å². The van der Waals surface area contributed by atoms with Gasteiger partial charge in [-0.1, -0.05) is 6.07 Å². The van der Waals surface area contributed by atoms with Crippen molar-refractivity contribution >= 4 is 33.6 Å². The topological polar surface area (TPSA) is 55.1 Å². The van der Waals surface area contributed by atoms with Crippen molar-refractivity contribution in [2.24, 2.45) is 5.73 Å². The summed E-state index contributed by atoms with van der Waals surface area (Å²) in [5.41, 5.74) is 6.65. The lowest BCUT2D eigenvalue weighted by atomic mass is 10.2. The molecule has 3 N–H and O–H groups in total. The van der Waals surface area contributed by atoms with Gasteiger partial charge in [0.05, 0.1) is 5.75 Å². The Labute approximate surface area is 114 Å². The normalized spacial score (nSPS) is 14.7. The molecular formula is C12H15BrN2OS. The average molecular weight is 315 g/mol. The Hall–Kier alpha value is -0.520. The van der Waals surface area contributed by atoms with Crippen LogP contribution in [-0.4, -0.2) is 17.7 Å². The maximum absolute atomic E-state index is 11.5. The van der Waals surface area contributed by atoms with Gasteiger partial charge in [0.2, 0.25) is 5.91 Å². The Morgan fingerprint density at radius 1 is 1.53 bits per heavy atom. The van der Waals surface area contributed by atoms with Crippen LogP contribution < -0.4 is 11.1 Å². The molecule has 1 amide bonds. The van der Waals surface area contributed by atoms with Crippen LogP contribution in [0, 0.1) is 0 Å². The molecule has 0 unspecified atom stereocenters. The molecule has 1 aliphatic rings. The Morgan fingerprint density at radius 2 is 2.29 bits per heavy atom. The molecule has 3 nitrogen and oxygen atoms in total. The van der Waals surface area contributed by atoms with E-state index in [1.54, 1.807) is 11.8 Å². The van der Waals surface area contributed by atoms with Gasteiger partial charge in [-0.25, -0.2) is 0 Å². The lowest BCUT2D eigenvalue weighted by Crippen LogP contribution is -2.26. The third-order valence-electron chi connectivity index (χ3n) is 2.53. The summed E-state index contributed by atoms with van der Waals surface area (Å²) in [7, 11) is 0. The smallest absolute Gasteiger partial charge is 0.230 e. The van der Waals surface area contributed by atoms with Crippen molar-refractivity contribution in [1.82, 2.24) is 5.32 Å². The minimum absolute atomic E-state index is 0.118. The molecule has 2 rings (SSSR count). The maximum Gasteiger partial charge on any atom is 0.230 e. The standard InChI is InChI=1S/C12H15BrN2OS/c13-10-5-8(6-14)1-4-11(10)17-7-12(16)15-9-2-3-9/h1,4-5,9H,2-3,6-7,14H2,(H,15,16). The van der Waals surface area contributed by atoms with Crippen LogP contribution in [0.25, 0.3) is 0 Å². The van der Waals surface area contributed by atoms with E-state index in [0.29, 0.717) is 18.3 Å². The molecule has 1 aromatic carbocycles. The van der Waals surface area contributed by atoms with E-state index >= 15 is 0 Å². The van der Waals surface area contributed by atoms with E-state index in [0.717, 1.165) is 27.8 Å². The first-order chi connectivity index (χ1) is 8.19. The van der Waals surface area contributed by atoms with Crippen LogP contribution in [0.1, 0.15) is 18.4 Å². The SMILES string of the molecule is NCc1ccc(SCC(=O)NC2CC2)c(Br)c1. The first-order valence-corrected chi connectivity index (χ1v) is 7.37. The number of rotatable bonds is 5. The molecule has 0 aliphatic heterocycles. The summed E-state index contributed by atoms with van der Waals surface area (Å²) in [6.45, 7) is 0.533. The van der Waals surface area contributed by atoms with Crippen molar-refractivity contribution in [3.63, 3.8) is 0 Å². The van der Waals surface area contributed by atoms with Crippen molar-refractivity contribution in [3.8, 4) is 0 Å². The molecule has 0 atom stereocenters. The molecule has 17 heavy (non-hydrogen) atoms. The van der Waals surface area contributed by atoms with Crippen molar-refractivity contribution in [2.45, 2.75) is 30.3 Å². The summed E-state index contributed by atoms with van der Waals surface area (Å²) in [5.74, 6) is 0.587. The Kier molecular flexibility index (Phi) is 4.48. The van der Waals surface area contributed by atoms with Crippen molar-refractivity contribution in [2.75, 3.05) is 5.75 Å². The second kappa shape index (κ2) is 5.89. The third kappa shape index (κ3) is 4.01. The van der Waals surface area contributed by atoms with Gasteiger partial charge < -0.3 is 11.1 Å². The van der Waals surface area contributed by atoms with Gasteiger partial charge in [0, 0.05) is 22.0 Å². The van der Waals surface area contributed by atoms with Gasteiger partial charge in [-0.15, -0.1) is 11.8 Å². The fourth-order valence-corrected chi connectivity index (χ4v) is 2.93. The molecule has 92 valence electrons. The lowest BCUT2D eigenvalue weighted by molar-refractivity contribution is -0.118. The quantitative estimate of drug-likeness (QED) is 0.820. The zero-order valence-electron chi connectivity index (χ0n) is 9.41. The minimum Gasteiger partial charge on any atom is -0.353 e. The number of thioether (sulfide) groups is 1. The molecular weight excluding hydrogens is 300 g/mol.